The Bertz CT molecular complexity index is 846. The lowest BCUT2D eigenvalue weighted by atomic mass is 10.2. The van der Waals surface area contributed by atoms with Gasteiger partial charge in [0.1, 0.15) is 5.82 Å². The molecule has 1 aromatic heterocycles. The van der Waals surface area contributed by atoms with Crippen LogP contribution in [0.15, 0.2) is 72.1 Å². The molecule has 2 rings (SSSR count). The van der Waals surface area contributed by atoms with Crippen LogP contribution in [0.3, 0.4) is 0 Å². The summed E-state index contributed by atoms with van der Waals surface area (Å²) in [5.74, 6) is -0.419. The average molecular weight is 488 g/mol. The molecule has 0 spiro atoms. The topological polar surface area (TPSA) is 43.3 Å². The molecule has 2 N–H and O–H groups in total. The van der Waals surface area contributed by atoms with E-state index < -0.39 is 0 Å². The number of allylic oxidation sites excluding steroid dienone is 3. The van der Waals surface area contributed by atoms with Gasteiger partial charge in [0.2, 0.25) is 0 Å². The van der Waals surface area contributed by atoms with E-state index in [1.54, 1.807) is 18.3 Å². The van der Waals surface area contributed by atoms with Crippen molar-refractivity contribution in [1.82, 2.24) is 4.57 Å². The number of rotatable bonds is 3. The molecule has 0 aliphatic rings. The molecule has 1 aromatic carbocycles. The summed E-state index contributed by atoms with van der Waals surface area (Å²) < 4.78 is 36.4. The normalized spacial score (nSPS) is 9.27. The maximum absolute atomic E-state index is 13.5. The SMILES string of the molecule is C=C(N)Cl.C=C(N=CC)c1cc2c(F)cccc2n1C.C=C/C=C(/C)F.CC.CCC.CF. The quantitative estimate of drug-likeness (QED) is 0.262. The van der Waals surface area contributed by atoms with Gasteiger partial charge >= 0.3 is 0 Å². The average Bonchev–Trinajstić information content (AvgIpc) is 3.10. The van der Waals surface area contributed by atoms with E-state index in [9.17, 15) is 13.2 Å². The molecular weight excluding hydrogens is 447 g/mol. The minimum Gasteiger partial charge on any atom is -0.390 e. The molecule has 0 aliphatic carbocycles. The maximum Gasteiger partial charge on any atom is 0.132 e. The number of nitrogens with two attached hydrogens (primary N) is 1. The highest BCUT2D eigenvalue weighted by atomic mass is 35.5. The Morgan fingerprint density at radius 2 is 1.67 bits per heavy atom. The Kier molecular flexibility index (Phi) is 29.1. The predicted octanol–water partition coefficient (Wildman–Crippen LogP) is 9.11. The third kappa shape index (κ3) is 19.7. The van der Waals surface area contributed by atoms with Gasteiger partial charge in [0.15, 0.2) is 0 Å². The number of halogens is 4. The Hall–Kier alpha value is -2.73. The van der Waals surface area contributed by atoms with Crippen molar-refractivity contribution in [2.24, 2.45) is 17.8 Å². The van der Waals surface area contributed by atoms with Gasteiger partial charge in [-0.3, -0.25) is 9.38 Å². The zero-order valence-corrected chi connectivity index (χ0v) is 22.1. The van der Waals surface area contributed by atoms with E-state index in [0.29, 0.717) is 18.3 Å². The first-order chi connectivity index (χ1) is 15.6. The second-order valence-electron chi connectivity index (χ2n) is 5.74. The van der Waals surface area contributed by atoms with Crippen molar-refractivity contribution in [2.75, 3.05) is 7.18 Å². The fraction of sp³-hybridized carbons (Fsp3) is 0.346. The molecule has 188 valence electrons. The van der Waals surface area contributed by atoms with Gasteiger partial charge in [-0.1, -0.05) is 77.6 Å². The summed E-state index contributed by atoms with van der Waals surface area (Å²) in [5, 5.41) is 0.743. The first kappa shape index (κ1) is 37.6. The Morgan fingerprint density at radius 3 is 1.97 bits per heavy atom. The summed E-state index contributed by atoms with van der Waals surface area (Å²) in [6.07, 6.45) is 5.64. The van der Waals surface area contributed by atoms with Crippen LogP contribution in [-0.4, -0.2) is 18.0 Å². The summed E-state index contributed by atoms with van der Waals surface area (Å²) in [6.45, 7) is 21.7. The second-order valence-corrected chi connectivity index (χ2v) is 6.22. The number of aromatic nitrogens is 1. The highest BCUT2D eigenvalue weighted by Gasteiger charge is 2.10. The molecule has 2 aromatic rings. The van der Waals surface area contributed by atoms with E-state index in [1.165, 1.54) is 31.6 Å². The maximum atomic E-state index is 13.5. The van der Waals surface area contributed by atoms with Crippen LogP contribution in [0.5, 0.6) is 0 Å². The minimum absolute atomic E-state index is 0.139. The molecule has 0 fully saturated rings. The highest BCUT2D eigenvalue weighted by molar-refractivity contribution is 6.28. The summed E-state index contributed by atoms with van der Waals surface area (Å²) >= 11 is 4.86. The zero-order valence-electron chi connectivity index (χ0n) is 21.4. The molecule has 3 nitrogen and oxygen atoms in total. The van der Waals surface area contributed by atoms with E-state index >= 15 is 0 Å². The Morgan fingerprint density at radius 1 is 1.21 bits per heavy atom. The van der Waals surface area contributed by atoms with Crippen LogP contribution in [0, 0.1) is 5.82 Å². The van der Waals surface area contributed by atoms with Crippen molar-refractivity contribution in [3.63, 3.8) is 0 Å². The molecule has 7 heteroatoms. The fourth-order valence-electron chi connectivity index (χ4n) is 1.99. The first-order valence-electron chi connectivity index (χ1n) is 10.4. The van der Waals surface area contributed by atoms with Gasteiger partial charge in [-0.25, -0.2) is 8.78 Å². The predicted molar refractivity (Wildman–Crippen MR) is 145 cm³/mol. The third-order valence-corrected chi connectivity index (χ3v) is 2.96. The number of hydrogen-bond acceptors (Lipinski definition) is 2. The molecule has 0 radical (unpaired) electrons. The molecule has 0 aliphatic heterocycles. The van der Waals surface area contributed by atoms with Gasteiger partial charge in [-0.2, -0.15) is 0 Å². The lowest BCUT2D eigenvalue weighted by molar-refractivity contribution is 0.636. The lowest BCUT2D eigenvalue weighted by Gasteiger charge is -2.02. The molecule has 0 atom stereocenters. The molecule has 0 amide bonds. The number of hydrogen-bond donors (Lipinski definition) is 1. The molecule has 0 unspecified atom stereocenters. The number of nitrogens with zero attached hydrogens (tertiary/aromatic N) is 2. The van der Waals surface area contributed by atoms with E-state index in [-0.39, 0.29) is 16.8 Å². The minimum atomic E-state index is -0.215. The van der Waals surface area contributed by atoms with E-state index in [4.69, 9.17) is 11.6 Å². The standard InChI is InChI=1S/C13H13FN2.C5H7F.C3H8.C2H4ClN.C2H6.CH3F/c1-4-15-9(2)13-8-10-11(14)6-5-7-12(10)16(13)3;1-3-4-5(2)6;1-3-2;1-2(3)4;2*1-2/h4-8H,2H2,1,3H3;3-4H,1H2,2H3;3H2,1-2H3;1,4H2;1-2H3;1H3/b;5-4-;;;;. The Labute approximate surface area is 203 Å². The van der Waals surface area contributed by atoms with Gasteiger partial charge < -0.3 is 10.3 Å². The summed E-state index contributed by atoms with van der Waals surface area (Å²) in [7, 11) is 2.38. The van der Waals surface area contributed by atoms with Crippen LogP contribution in [0.1, 0.15) is 53.7 Å². The first-order valence-corrected chi connectivity index (χ1v) is 10.8. The molecule has 0 saturated heterocycles. The van der Waals surface area contributed by atoms with Crippen LogP contribution >= 0.6 is 11.6 Å². The molecule has 0 bridgehead atoms. The molecule has 33 heavy (non-hydrogen) atoms. The summed E-state index contributed by atoms with van der Waals surface area (Å²) in [4.78, 5) is 4.12. The van der Waals surface area contributed by atoms with Crippen molar-refractivity contribution >= 4 is 34.4 Å². The molecule has 0 saturated carbocycles. The van der Waals surface area contributed by atoms with Crippen molar-refractivity contribution in [3.05, 3.63) is 78.6 Å². The summed E-state index contributed by atoms with van der Waals surface area (Å²) in [5.41, 5.74) is 7.00. The van der Waals surface area contributed by atoms with Crippen LogP contribution in [0.25, 0.3) is 16.6 Å². The van der Waals surface area contributed by atoms with Crippen LogP contribution in [0.2, 0.25) is 0 Å². The highest BCUT2D eigenvalue weighted by Crippen LogP contribution is 2.25. The largest absolute Gasteiger partial charge is 0.390 e. The molecule has 1 heterocycles. The number of alkyl halides is 1. The number of benzene rings is 1. The fourth-order valence-corrected chi connectivity index (χ4v) is 1.99. The van der Waals surface area contributed by atoms with Gasteiger partial charge in [0.05, 0.1) is 35.1 Å². The van der Waals surface area contributed by atoms with E-state index in [0.717, 1.165) is 11.2 Å². The third-order valence-electron chi connectivity index (χ3n) is 2.96. The van der Waals surface area contributed by atoms with E-state index in [2.05, 4.69) is 44.3 Å². The van der Waals surface area contributed by atoms with Crippen molar-refractivity contribution < 1.29 is 13.2 Å². The second kappa shape index (κ2) is 25.5. The van der Waals surface area contributed by atoms with Crippen LogP contribution < -0.4 is 5.73 Å². The lowest BCUT2D eigenvalue weighted by Crippen LogP contribution is -1.93. The molecular formula is C26H41ClF3N3. The van der Waals surface area contributed by atoms with Gasteiger partial charge in [0, 0.05) is 18.6 Å². The van der Waals surface area contributed by atoms with Crippen LogP contribution in [-0.2, 0) is 7.05 Å². The van der Waals surface area contributed by atoms with Gasteiger partial charge in [-0.05, 0) is 38.1 Å². The van der Waals surface area contributed by atoms with Gasteiger partial charge in [0.25, 0.3) is 0 Å². The Balaban J connectivity index is -0.000000206. The van der Waals surface area contributed by atoms with Crippen molar-refractivity contribution in [2.45, 2.75) is 48.0 Å². The smallest absolute Gasteiger partial charge is 0.132 e. The number of aliphatic imine (C=N–C) groups is 1. The van der Waals surface area contributed by atoms with E-state index in [1.807, 2.05) is 38.5 Å². The monoisotopic (exact) mass is 487 g/mol. The number of aryl methyl sites for hydroxylation is 1. The van der Waals surface area contributed by atoms with Crippen molar-refractivity contribution in [3.8, 4) is 0 Å². The van der Waals surface area contributed by atoms with Crippen LogP contribution in [0.4, 0.5) is 13.2 Å². The van der Waals surface area contributed by atoms with Crippen molar-refractivity contribution in [1.29, 1.82) is 0 Å². The van der Waals surface area contributed by atoms with Gasteiger partial charge in [-0.15, -0.1) is 0 Å². The zero-order chi connectivity index (χ0) is 27.0. The summed E-state index contributed by atoms with van der Waals surface area (Å²) in [6, 6.07) is 6.82. The number of fused-ring (bicyclic) bond motifs is 1.